The maximum atomic E-state index is 12.0. The van der Waals surface area contributed by atoms with E-state index in [-0.39, 0.29) is 5.56 Å². The number of aromatic nitrogens is 2. The Hall–Kier alpha value is -2.21. The van der Waals surface area contributed by atoms with E-state index in [1.54, 1.807) is 25.3 Å². The average Bonchev–Trinajstić information content (AvgIpc) is 2.46. The van der Waals surface area contributed by atoms with Crippen molar-refractivity contribution in [3.63, 3.8) is 0 Å². The molecule has 0 saturated heterocycles. The van der Waals surface area contributed by atoms with Gasteiger partial charge in [0.05, 0.1) is 11.6 Å². The minimum absolute atomic E-state index is 0.127. The second-order valence-electron chi connectivity index (χ2n) is 5.08. The fraction of sp³-hybridized carbons (Fsp3) is 0.400. The molecule has 21 heavy (non-hydrogen) atoms. The van der Waals surface area contributed by atoms with Gasteiger partial charge in [-0.2, -0.15) is 0 Å². The summed E-state index contributed by atoms with van der Waals surface area (Å²) in [7, 11) is 0. The lowest BCUT2D eigenvalue weighted by Crippen LogP contribution is -2.32. The van der Waals surface area contributed by atoms with Crippen LogP contribution in [-0.2, 0) is 11.3 Å². The summed E-state index contributed by atoms with van der Waals surface area (Å²) in [5, 5.41) is 8.98. The number of hydrogen-bond acceptors (Lipinski definition) is 4. The molecule has 2 heterocycles. The number of aliphatic carboxylic acids is 1. The van der Waals surface area contributed by atoms with Crippen LogP contribution in [0.5, 0.6) is 0 Å². The molecule has 6 heteroatoms. The molecule has 0 aliphatic heterocycles. The van der Waals surface area contributed by atoms with Crippen LogP contribution in [0.3, 0.4) is 0 Å². The number of hydrogen-bond donors (Lipinski definition) is 1. The molecule has 2 aromatic rings. The van der Waals surface area contributed by atoms with E-state index in [2.05, 4.69) is 4.98 Å². The molecule has 2 rings (SSSR count). The van der Waals surface area contributed by atoms with Crippen molar-refractivity contribution in [2.24, 2.45) is 5.92 Å². The van der Waals surface area contributed by atoms with E-state index in [0.29, 0.717) is 31.0 Å². The van der Waals surface area contributed by atoms with E-state index in [1.807, 2.05) is 17.9 Å². The van der Waals surface area contributed by atoms with Gasteiger partial charge in [0.25, 0.3) is 5.56 Å². The van der Waals surface area contributed by atoms with Crippen LogP contribution in [0, 0.1) is 5.92 Å². The Labute approximate surface area is 122 Å². The number of carboxylic acid groups (broad SMARTS) is 1. The minimum atomic E-state index is -0.819. The average molecular weight is 289 g/mol. The molecule has 1 atom stereocenters. The number of rotatable bonds is 6. The Morgan fingerprint density at radius 2 is 2.24 bits per heavy atom. The zero-order valence-electron chi connectivity index (χ0n) is 12.2. The molecular formula is C15H19N3O3. The van der Waals surface area contributed by atoms with E-state index < -0.39 is 11.9 Å². The van der Waals surface area contributed by atoms with Gasteiger partial charge in [-0.15, -0.1) is 0 Å². The normalized spacial score (nSPS) is 12.7. The topological polar surface area (TPSA) is 74.9 Å². The molecule has 0 saturated carbocycles. The molecule has 0 aliphatic rings. The Morgan fingerprint density at radius 3 is 2.90 bits per heavy atom. The molecule has 0 radical (unpaired) electrons. The number of nitrogens with zero attached hydrogens (tertiary/aromatic N) is 3. The molecule has 0 aromatic carbocycles. The predicted molar refractivity (Wildman–Crippen MR) is 79.2 cm³/mol. The van der Waals surface area contributed by atoms with Crippen molar-refractivity contribution >= 4 is 11.6 Å². The smallest absolute Gasteiger partial charge is 0.307 e. The van der Waals surface area contributed by atoms with Gasteiger partial charge in [0.15, 0.2) is 0 Å². The van der Waals surface area contributed by atoms with Gasteiger partial charge < -0.3 is 5.11 Å². The van der Waals surface area contributed by atoms with Gasteiger partial charge in [0.2, 0.25) is 0 Å². The van der Waals surface area contributed by atoms with Crippen LogP contribution in [0.1, 0.15) is 19.5 Å². The highest BCUT2D eigenvalue weighted by Gasteiger charge is 2.16. The number of carbonyl (C=O) groups is 1. The summed E-state index contributed by atoms with van der Waals surface area (Å²) in [6.07, 6.45) is 1.68. The third-order valence-electron chi connectivity index (χ3n) is 3.41. The van der Waals surface area contributed by atoms with E-state index in [9.17, 15) is 9.59 Å². The summed E-state index contributed by atoms with van der Waals surface area (Å²) < 4.78 is 1.49. The maximum Gasteiger partial charge on any atom is 0.307 e. The molecule has 0 bridgehead atoms. The standard InChI is InChI=1S/C15H19N3O3/c1-3-17(9-11(2)15(20)21)10-12-8-14(19)18-7-5-4-6-13(18)16-12/h4-8,11H,3,9-10H2,1-2H3,(H,20,21). The summed E-state index contributed by atoms with van der Waals surface area (Å²) in [6.45, 7) is 5.24. The van der Waals surface area contributed by atoms with Crippen molar-refractivity contribution in [3.05, 3.63) is 46.5 Å². The van der Waals surface area contributed by atoms with Crippen LogP contribution in [0.15, 0.2) is 35.3 Å². The second-order valence-corrected chi connectivity index (χ2v) is 5.08. The highest BCUT2D eigenvalue weighted by molar-refractivity contribution is 5.69. The number of pyridine rings is 1. The SMILES string of the molecule is CCN(Cc1cc(=O)n2ccccc2n1)CC(C)C(=O)O. The van der Waals surface area contributed by atoms with Crippen LogP contribution in [-0.4, -0.2) is 38.4 Å². The zero-order valence-corrected chi connectivity index (χ0v) is 12.2. The van der Waals surface area contributed by atoms with Crippen molar-refractivity contribution in [2.45, 2.75) is 20.4 Å². The monoisotopic (exact) mass is 289 g/mol. The van der Waals surface area contributed by atoms with Crippen LogP contribution >= 0.6 is 0 Å². The molecule has 2 aromatic heterocycles. The first-order valence-corrected chi connectivity index (χ1v) is 6.93. The van der Waals surface area contributed by atoms with Gasteiger partial charge in [-0.3, -0.25) is 18.9 Å². The minimum Gasteiger partial charge on any atom is -0.481 e. The third kappa shape index (κ3) is 3.66. The van der Waals surface area contributed by atoms with Crippen LogP contribution in [0.25, 0.3) is 5.65 Å². The fourth-order valence-electron chi connectivity index (χ4n) is 2.18. The Bertz CT molecular complexity index is 696. The molecule has 1 unspecified atom stereocenters. The first-order valence-electron chi connectivity index (χ1n) is 6.93. The van der Waals surface area contributed by atoms with Crippen LogP contribution in [0.4, 0.5) is 0 Å². The Morgan fingerprint density at radius 1 is 1.48 bits per heavy atom. The van der Waals surface area contributed by atoms with Crippen molar-refractivity contribution in [1.82, 2.24) is 14.3 Å². The second kappa shape index (κ2) is 6.49. The van der Waals surface area contributed by atoms with E-state index in [0.717, 1.165) is 0 Å². The van der Waals surface area contributed by atoms with Gasteiger partial charge in [0, 0.05) is 25.4 Å². The molecule has 0 fully saturated rings. The number of fused-ring (bicyclic) bond motifs is 1. The van der Waals surface area contributed by atoms with Gasteiger partial charge in [-0.1, -0.05) is 19.9 Å². The zero-order chi connectivity index (χ0) is 15.4. The summed E-state index contributed by atoms with van der Waals surface area (Å²) in [6, 6.07) is 6.89. The molecule has 6 nitrogen and oxygen atoms in total. The summed E-state index contributed by atoms with van der Waals surface area (Å²) in [5.74, 6) is -1.27. The van der Waals surface area contributed by atoms with Gasteiger partial charge >= 0.3 is 5.97 Å². The molecule has 112 valence electrons. The van der Waals surface area contributed by atoms with E-state index in [4.69, 9.17) is 5.11 Å². The lowest BCUT2D eigenvalue weighted by atomic mass is 10.1. The third-order valence-corrected chi connectivity index (χ3v) is 3.41. The van der Waals surface area contributed by atoms with Gasteiger partial charge in [0.1, 0.15) is 5.65 Å². The van der Waals surface area contributed by atoms with Gasteiger partial charge in [-0.05, 0) is 18.7 Å². The maximum absolute atomic E-state index is 12.0. The number of carboxylic acids is 1. The van der Waals surface area contributed by atoms with Crippen molar-refractivity contribution in [1.29, 1.82) is 0 Å². The molecular weight excluding hydrogens is 270 g/mol. The van der Waals surface area contributed by atoms with E-state index >= 15 is 0 Å². The lowest BCUT2D eigenvalue weighted by Gasteiger charge is -2.22. The molecule has 1 N–H and O–H groups in total. The highest BCUT2D eigenvalue weighted by Crippen LogP contribution is 2.06. The molecule has 0 spiro atoms. The van der Waals surface area contributed by atoms with Crippen molar-refractivity contribution in [2.75, 3.05) is 13.1 Å². The first-order chi connectivity index (χ1) is 10.0. The lowest BCUT2D eigenvalue weighted by molar-refractivity contribution is -0.141. The fourth-order valence-corrected chi connectivity index (χ4v) is 2.18. The van der Waals surface area contributed by atoms with Crippen LogP contribution in [0.2, 0.25) is 0 Å². The van der Waals surface area contributed by atoms with Crippen LogP contribution < -0.4 is 5.56 Å². The molecule has 0 amide bonds. The Balaban J connectivity index is 2.21. The largest absolute Gasteiger partial charge is 0.481 e. The summed E-state index contributed by atoms with van der Waals surface area (Å²) >= 11 is 0. The predicted octanol–water partition coefficient (Wildman–Crippen LogP) is 1.24. The van der Waals surface area contributed by atoms with Gasteiger partial charge in [-0.25, -0.2) is 4.98 Å². The summed E-state index contributed by atoms with van der Waals surface area (Å²) in [4.78, 5) is 29.4. The van der Waals surface area contributed by atoms with Crippen molar-refractivity contribution in [3.8, 4) is 0 Å². The Kier molecular flexibility index (Phi) is 4.70. The quantitative estimate of drug-likeness (QED) is 0.866. The van der Waals surface area contributed by atoms with E-state index in [1.165, 1.54) is 10.5 Å². The van der Waals surface area contributed by atoms with Crippen molar-refractivity contribution < 1.29 is 9.90 Å². The molecule has 0 aliphatic carbocycles. The summed E-state index contributed by atoms with van der Waals surface area (Å²) in [5.41, 5.74) is 1.13. The highest BCUT2D eigenvalue weighted by atomic mass is 16.4. The first kappa shape index (κ1) is 15.2.